The van der Waals surface area contributed by atoms with Gasteiger partial charge >= 0.3 is 0 Å². The smallest absolute Gasteiger partial charge is 0.273 e. The lowest BCUT2D eigenvalue weighted by molar-refractivity contribution is -0.385. The summed E-state index contributed by atoms with van der Waals surface area (Å²) < 4.78 is 20.6. The summed E-state index contributed by atoms with van der Waals surface area (Å²) in [5.74, 6) is 0.394. The summed E-state index contributed by atoms with van der Waals surface area (Å²) >= 11 is 1.71. The minimum absolute atomic E-state index is 0.0139. The van der Waals surface area contributed by atoms with Gasteiger partial charge in [0.2, 0.25) is 5.79 Å². The summed E-state index contributed by atoms with van der Waals surface area (Å²) in [6, 6.07) is 17.9. The first-order valence-corrected chi connectivity index (χ1v) is 22.0. The molecule has 1 fully saturated rings. The van der Waals surface area contributed by atoms with E-state index in [1.54, 1.807) is 66.8 Å². The fraction of sp³-hybridized carbons (Fsp3) is 0.413. The molecule has 0 saturated heterocycles. The molecule has 4 aromatic rings. The highest BCUT2D eigenvalue weighted by Crippen LogP contribution is 2.62. The van der Waals surface area contributed by atoms with Gasteiger partial charge in [-0.15, -0.1) is 6.58 Å². The highest BCUT2D eigenvalue weighted by atomic mass is 32.2. The fourth-order valence-corrected chi connectivity index (χ4v) is 10.4. The molecule has 0 radical (unpaired) electrons. The number of hydrogen-bond donors (Lipinski definition) is 2. The standard InChI is InChI=1S/C46H51N5O10S/c1-2-23-58-46-43(62-24-18-33-29-47-19-20-48-33)28-41(49-59-30-31-12-14-34(15-13-31)50(54)55)39-25-32(8-3-5-21-52)38(11-4-6-22-53)44(45(39)46)40-27-37(16-17-42(40)61-46)60-36-10-7-9-35(26-36)51(56)57/h2,7,9-10,12-17,19-20,25-27,29,32,38,43-45,52-53H,1,3-6,8,11,18,21-24,28,30H2. The Morgan fingerprint density at radius 3 is 2.45 bits per heavy atom. The van der Waals surface area contributed by atoms with Crippen LogP contribution < -0.4 is 9.47 Å². The van der Waals surface area contributed by atoms with E-state index in [0.29, 0.717) is 48.7 Å². The van der Waals surface area contributed by atoms with Crippen LogP contribution in [0.5, 0.6) is 17.2 Å². The van der Waals surface area contributed by atoms with Gasteiger partial charge in [0.1, 0.15) is 23.9 Å². The number of nitro groups is 2. The van der Waals surface area contributed by atoms with Gasteiger partial charge in [-0.05, 0) is 90.8 Å². The number of thioether (sulfide) groups is 1. The molecule has 2 N–H and O–H groups in total. The molecule has 1 aromatic heterocycles. The number of rotatable bonds is 22. The Balaban J connectivity index is 1.35. The van der Waals surface area contributed by atoms with E-state index in [4.69, 9.17) is 24.2 Å². The number of fused-ring (bicyclic) bond motifs is 2. The number of hydrogen-bond acceptors (Lipinski definition) is 14. The number of aliphatic hydroxyl groups excluding tert-OH is 2. The number of ether oxygens (including phenoxy) is 3. The Morgan fingerprint density at radius 2 is 1.73 bits per heavy atom. The maximum Gasteiger partial charge on any atom is 0.273 e. The van der Waals surface area contributed by atoms with E-state index in [-0.39, 0.29) is 60.8 Å². The number of aryl methyl sites for hydroxylation is 1. The summed E-state index contributed by atoms with van der Waals surface area (Å²) in [6.07, 6.45) is 14.6. The minimum atomic E-state index is -1.20. The van der Waals surface area contributed by atoms with Crippen LogP contribution in [-0.2, 0) is 22.6 Å². The topological polar surface area (TPSA) is 202 Å². The van der Waals surface area contributed by atoms with Crippen molar-refractivity contribution in [1.29, 1.82) is 0 Å². The number of benzene rings is 3. The number of non-ortho nitro benzene ring substituents is 2. The van der Waals surface area contributed by atoms with Gasteiger partial charge in [0.05, 0.1) is 45.1 Å². The van der Waals surface area contributed by atoms with Gasteiger partial charge in [0, 0.05) is 74.3 Å². The van der Waals surface area contributed by atoms with E-state index < -0.39 is 21.6 Å². The average Bonchev–Trinajstić information content (AvgIpc) is 3.28. The average molecular weight is 866 g/mol. The molecule has 2 aliphatic carbocycles. The van der Waals surface area contributed by atoms with E-state index in [9.17, 15) is 30.4 Å². The predicted molar refractivity (Wildman–Crippen MR) is 234 cm³/mol. The van der Waals surface area contributed by atoms with Crippen LogP contribution in [0.15, 0.2) is 115 Å². The van der Waals surface area contributed by atoms with Crippen LogP contribution in [0, 0.1) is 38.0 Å². The molecule has 0 amide bonds. The third kappa shape index (κ3) is 10.2. The summed E-state index contributed by atoms with van der Waals surface area (Å²) in [5.41, 5.74) is 4.07. The van der Waals surface area contributed by atoms with Crippen LogP contribution in [0.1, 0.15) is 67.7 Å². The molecule has 2 heterocycles. The molecule has 6 unspecified atom stereocenters. The molecule has 16 heteroatoms. The van der Waals surface area contributed by atoms with Crippen LogP contribution in [0.2, 0.25) is 0 Å². The largest absolute Gasteiger partial charge is 0.460 e. The summed E-state index contributed by atoms with van der Waals surface area (Å²) in [5, 5.41) is 47.3. The van der Waals surface area contributed by atoms with E-state index in [2.05, 4.69) is 22.6 Å². The molecule has 3 aliphatic rings. The lowest BCUT2D eigenvalue weighted by Gasteiger charge is -2.58. The number of nitrogens with zero attached hydrogens (tertiary/aromatic N) is 5. The molecule has 3 aromatic carbocycles. The quantitative estimate of drug-likeness (QED) is 0.0329. The Bertz CT molecular complexity index is 2240. The maximum absolute atomic E-state index is 11.6. The lowest BCUT2D eigenvalue weighted by atomic mass is 9.56. The Hall–Kier alpha value is -5.68. The lowest BCUT2D eigenvalue weighted by Crippen LogP contribution is -2.64. The number of aliphatic hydroxyl groups is 2. The van der Waals surface area contributed by atoms with Crippen molar-refractivity contribution in [2.45, 2.75) is 74.9 Å². The number of allylic oxidation sites excluding steroid dienone is 1. The molecule has 1 saturated carbocycles. The number of aromatic nitrogens is 2. The molecular formula is C46H51N5O10S. The minimum Gasteiger partial charge on any atom is -0.460 e. The first kappa shape index (κ1) is 44.4. The van der Waals surface area contributed by atoms with Gasteiger partial charge in [-0.25, -0.2) is 0 Å². The molecule has 326 valence electrons. The second-order valence-electron chi connectivity index (χ2n) is 15.6. The zero-order valence-corrected chi connectivity index (χ0v) is 35.1. The number of oxime groups is 1. The van der Waals surface area contributed by atoms with E-state index in [1.807, 2.05) is 12.1 Å². The third-order valence-electron chi connectivity index (χ3n) is 11.7. The van der Waals surface area contributed by atoms with Crippen molar-refractivity contribution in [1.82, 2.24) is 9.97 Å². The van der Waals surface area contributed by atoms with Crippen LogP contribution >= 0.6 is 11.8 Å². The predicted octanol–water partition coefficient (Wildman–Crippen LogP) is 8.90. The van der Waals surface area contributed by atoms with Gasteiger partial charge in [0.25, 0.3) is 11.4 Å². The molecular weight excluding hydrogens is 815 g/mol. The van der Waals surface area contributed by atoms with E-state index in [0.717, 1.165) is 53.8 Å². The van der Waals surface area contributed by atoms with Crippen LogP contribution in [0.3, 0.4) is 0 Å². The zero-order chi connectivity index (χ0) is 43.5. The third-order valence-corrected chi connectivity index (χ3v) is 13.1. The molecule has 15 nitrogen and oxygen atoms in total. The first-order chi connectivity index (χ1) is 30.2. The van der Waals surface area contributed by atoms with Gasteiger partial charge in [-0.1, -0.05) is 36.2 Å². The van der Waals surface area contributed by atoms with Gasteiger partial charge < -0.3 is 29.3 Å². The van der Waals surface area contributed by atoms with Crippen LogP contribution in [-0.4, -0.2) is 72.3 Å². The van der Waals surface area contributed by atoms with Crippen molar-refractivity contribution in [3.63, 3.8) is 0 Å². The van der Waals surface area contributed by atoms with Gasteiger partial charge in [-0.3, -0.25) is 30.2 Å². The highest BCUT2D eigenvalue weighted by Gasteiger charge is 2.64. The first-order valence-electron chi connectivity index (χ1n) is 21.0. The molecule has 0 spiro atoms. The fourth-order valence-electron chi connectivity index (χ4n) is 9.00. The summed E-state index contributed by atoms with van der Waals surface area (Å²) in [6.45, 7) is 4.45. The second-order valence-corrected chi connectivity index (χ2v) is 16.9. The normalized spacial score (nSPS) is 23.0. The zero-order valence-electron chi connectivity index (χ0n) is 34.3. The van der Waals surface area contributed by atoms with Crippen molar-refractivity contribution < 1.29 is 39.1 Å². The Labute approximate surface area is 364 Å². The van der Waals surface area contributed by atoms with Gasteiger partial charge in [-0.2, -0.15) is 11.8 Å². The van der Waals surface area contributed by atoms with E-state index in [1.165, 1.54) is 24.3 Å². The van der Waals surface area contributed by atoms with Crippen molar-refractivity contribution in [2.24, 2.45) is 22.9 Å². The van der Waals surface area contributed by atoms with Crippen LogP contribution in [0.4, 0.5) is 11.4 Å². The Morgan fingerprint density at radius 1 is 0.952 bits per heavy atom. The molecule has 1 aliphatic heterocycles. The highest BCUT2D eigenvalue weighted by molar-refractivity contribution is 8.00. The summed E-state index contributed by atoms with van der Waals surface area (Å²) in [7, 11) is 0. The molecule has 7 rings (SSSR count). The van der Waals surface area contributed by atoms with Crippen LogP contribution in [0.25, 0.3) is 0 Å². The summed E-state index contributed by atoms with van der Waals surface area (Å²) in [4.78, 5) is 36.9. The SMILES string of the molecule is C=CCOC12Oc3ccc(Oc4cccc([N+](=O)[O-])c4)cc3C3C(CCCCO)C(CCCCO)C=C(C(=NOCc4ccc([N+](=O)[O-])cc4)CC1SCCc1cnccn1)C32. The Kier molecular flexibility index (Phi) is 15.0. The van der Waals surface area contributed by atoms with Crippen molar-refractivity contribution in [2.75, 3.05) is 25.6 Å². The maximum atomic E-state index is 11.6. The van der Waals surface area contributed by atoms with Crippen molar-refractivity contribution >= 4 is 28.8 Å². The number of unbranched alkanes of at least 4 members (excludes halogenated alkanes) is 2. The monoisotopic (exact) mass is 865 g/mol. The van der Waals surface area contributed by atoms with Crippen molar-refractivity contribution in [3.8, 4) is 17.2 Å². The number of nitro benzene ring substituents is 2. The van der Waals surface area contributed by atoms with Gasteiger partial charge in [0.15, 0.2) is 0 Å². The molecule has 62 heavy (non-hydrogen) atoms. The van der Waals surface area contributed by atoms with E-state index >= 15 is 0 Å². The van der Waals surface area contributed by atoms with Crippen molar-refractivity contribution in [3.05, 3.63) is 147 Å². The second kappa shape index (κ2) is 20.9. The molecule has 0 bridgehead atoms. The molecule has 6 atom stereocenters.